The highest BCUT2D eigenvalue weighted by molar-refractivity contribution is 4.97. The molecule has 0 saturated carbocycles. The van der Waals surface area contributed by atoms with Crippen LogP contribution in [0.2, 0.25) is 0 Å². The molecule has 0 amide bonds. The van der Waals surface area contributed by atoms with E-state index < -0.39 is 0 Å². The third-order valence-electron chi connectivity index (χ3n) is 1.68. The van der Waals surface area contributed by atoms with Gasteiger partial charge < -0.3 is 9.47 Å². The van der Waals surface area contributed by atoms with E-state index in [4.69, 9.17) is 9.47 Å². The zero-order chi connectivity index (χ0) is 8.10. The first-order valence-corrected chi connectivity index (χ1v) is 3.93. The van der Waals surface area contributed by atoms with Crippen LogP contribution in [0, 0.1) is 0 Å². The molecule has 0 radical (unpaired) electrons. The smallest absolute Gasteiger partial charge is 0.142 e. The van der Waals surface area contributed by atoms with Crippen molar-refractivity contribution in [3.8, 4) is 0 Å². The highest BCUT2D eigenvalue weighted by Crippen LogP contribution is 2.15. The average molecular weight is 154 g/mol. The number of rotatable bonds is 3. The van der Waals surface area contributed by atoms with Crippen LogP contribution in [0.5, 0.6) is 0 Å². The molecular weight excluding hydrogens is 140 g/mol. The summed E-state index contributed by atoms with van der Waals surface area (Å²) in [6.45, 7) is 6.39. The highest BCUT2D eigenvalue weighted by atomic mass is 16.5. The fourth-order valence-electron chi connectivity index (χ4n) is 1.14. The van der Waals surface area contributed by atoms with Gasteiger partial charge in [-0.3, -0.25) is 0 Å². The van der Waals surface area contributed by atoms with Crippen molar-refractivity contribution in [3.63, 3.8) is 0 Å². The molecule has 0 spiro atoms. The van der Waals surface area contributed by atoms with E-state index in [0.717, 1.165) is 13.0 Å². The van der Waals surface area contributed by atoms with Gasteiger partial charge in [-0.25, -0.2) is 0 Å². The molecule has 2 atom stereocenters. The Morgan fingerprint density at radius 1 is 1.82 bits per heavy atom. The van der Waals surface area contributed by atoms with E-state index in [-0.39, 0.29) is 12.2 Å². The number of hydrogen-bond acceptors (Lipinski definition) is 2. The molecule has 1 unspecified atom stereocenters. The monoisotopic (exact) mass is 154 g/mol. The second kappa shape index (κ2) is 4.19. The van der Waals surface area contributed by atoms with E-state index in [0.29, 0.717) is 0 Å². The van der Waals surface area contributed by atoms with Crippen molar-refractivity contribution in [3.05, 3.63) is 25.0 Å². The van der Waals surface area contributed by atoms with Gasteiger partial charge >= 0.3 is 0 Å². The van der Waals surface area contributed by atoms with Gasteiger partial charge in [0.05, 0.1) is 6.26 Å². The minimum atomic E-state index is 0.0277. The summed E-state index contributed by atoms with van der Waals surface area (Å²) in [4.78, 5) is 0. The van der Waals surface area contributed by atoms with Crippen LogP contribution in [0.15, 0.2) is 25.0 Å². The number of ether oxygens (including phenoxy) is 2. The fourth-order valence-corrected chi connectivity index (χ4v) is 1.14. The molecule has 62 valence electrons. The minimum absolute atomic E-state index is 0.0277. The highest BCUT2D eigenvalue weighted by Gasteiger charge is 2.20. The molecule has 2 heteroatoms. The molecule has 1 rings (SSSR count). The second-order valence-electron chi connectivity index (χ2n) is 2.44. The number of hydrogen-bond donors (Lipinski definition) is 0. The van der Waals surface area contributed by atoms with Crippen LogP contribution in [-0.4, -0.2) is 18.8 Å². The second-order valence-corrected chi connectivity index (χ2v) is 2.44. The van der Waals surface area contributed by atoms with Crippen molar-refractivity contribution < 1.29 is 9.47 Å². The van der Waals surface area contributed by atoms with E-state index in [1.54, 1.807) is 12.3 Å². The van der Waals surface area contributed by atoms with Crippen molar-refractivity contribution in [2.45, 2.75) is 25.6 Å². The first-order valence-electron chi connectivity index (χ1n) is 3.93. The van der Waals surface area contributed by atoms with Gasteiger partial charge in [0.25, 0.3) is 0 Å². The van der Waals surface area contributed by atoms with E-state index in [2.05, 4.69) is 6.58 Å². The molecule has 0 bridgehead atoms. The largest absolute Gasteiger partial charge is 0.492 e. The molecule has 11 heavy (non-hydrogen) atoms. The van der Waals surface area contributed by atoms with Crippen LogP contribution in [0.1, 0.15) is 13.3 Å². The molecule has 0 aliphatic carbocycles. The predicted octanol–water partition coefficient (Wildman–Crippen LogP) is 1.88. The zero-order valence-corrected chi connectivity index (χ0v) is 6.82. The van der Waals surface area contributed by atoms with Gasteiger partial charge in [-0.15, -0.1) is 0 Å². The summed E-state index contributed by atoms with van der Waals surface area (Å²) in [6.07, 6.45) is 6.57. The maximum atomic E-state index is 5.44. The van der Waals surface area contributed by atoms with Crippen LogP contribution in [0.25, 0.3) is 0 Å². The van der Waals surface area contributed by atoms with Crippen LogP contribution >= 0.6 is 0 Å². The Kier molecular flexibility index (Phi) is 3.17. The van der Waals surface area contributed by atoms with Gasteiger partial charge in [0, 0.05) is 6.61 Å². The maximum Gasteiger partial charge on any atom is 0.142 e. The van der Waals surface area contributed by atoms with E-state index in [1.807, 2.05) is 13.0 Å². The summed E-state index contributed by atoms with van der Waals surface area (Å²) < 4.78 is 10.7. The molecule has 0 aromatic carbocycles. The lowest BCUT2D eigenvalue weighted by molar-refractivity contribution is -0.0251. The predicted molar refractivity (Wildman–Crippen MR) is 44.2 cm³/mol. The van der Waals surface area contributed by atoms with Gasteiger partial charge in [0.2, 0.25) is 0 Å². The molecule has 0 aromatic rings. The Bertz CT molecular complexity index is 152. The van der Waals surface area contributed by atoms with Crippen molar-refractivity contribution in [2.75, 3.05) is 6.61 Å². The van der Waals surface area contributed by atoms with Gasteiger partial charge in [-0.05, 0) is 25.5 Å². The Balaban J connectivity index is 2.46. The molecule has 1 aliphatic heterocycles. The lowest BCUT2D eigenvalue weighted by Gasteiger charge is -2.25. The molecule has 0 aromatic heterocycles. The summed E-state index contributed by atoms with van der Waals surface area (Å²) in [5.74, 6) is 0. The summed E-state index contributed by atoms with van der Waals surface area (Å²) in [6, 6.07) is 0. The standard InChI is InChI=1S/C9H14O2/c1-3-8-9(10-4-2)6-5-7-11-8/h3,5,7-9H,1,4,6H2,2H3/t8?,9-/m0/s1. The molecule has 0 fully saturated rings. The minimum Gasteiger partial charge on any atom is -0.492 e. The first kappa shape index (κ1) is 8.34. The van der Waals surface area contributed by atoms with E-state index >= 15 is 0 Å². The molecule has 1 heterocycles. The SMILES string of the molecule is C=CC1OC=CC[C@@H]1OCC. The average Bonchev–Trinajstić information content (AvgIpc) is 2.06. The first-order chi connectivity index (χ1) is 5.38. The lowest BCUT2D eigenvalue weighted by atomic mass is 10.1. The third-order valence-corrected chi connectivity index (χ3v) is 1.68. The summed E-state index contributed by atoms with van der Waals surface area (Å²) in [5.41, 5.74) is 0. The normalized spacial score (nSPS) is 29.5. The van der Waals surface area contributed by atoms with Crippen LogP contribution in [0.3, 0.4) is 0 Å². The van der Waals surface area contributed by atoms with Gasteiger partial charge in [0.1, 0.15) is 12.2 Å². The van der Waals surface area contributed by atoms with Gasteiger partial charge in [-0.1, -0.05) is 6.58 Å². The Labute approximate surface area is 67.5 Å². The van der Waals surface area contributed by atoms with Crippen molar-refractivity contribution >= 4 is 0 Å². The Hall–Kier alpha value is -0.760. The maximum absolute atomic E-state index is 5.44. The molecule has 0 saturated heterocycles. The van der Waals surface area contributed by atoms with Crippen molar-refractivity contribution in [2.24, 2.45) is 0 Å². The summed E-state index contributed by atoms with van der Waals surface area (Å²) in [5, 5.41) is 0. The Morgan fingerprint density at radius 2 is 2.64 bits per heavy atom. The fraction of sp³-hybridized carbons (Fsp3) is 0.556. The Morgan fingerprint density at radius 3 is 3.27 bits per heavy atom. The van der Waals surface area contributed by atoms with Crippen molar-refractivity contribution in [1.82, 2.24) is 0 Å². The van der Waals surface area contributed by atoms with Crippen LogP contribution < -0.4 is 0 Å². The zero-order valence-electron chi connectivity index (χ0n) is 6.82. The lowest BCUT2D eigenvalue weighted by Crippen LogP contribution is -2.30. The van der Waals surface area contributed by atoms with E-state index in [9.17, 15) is 0 Å². The van der Waals surface area contributed by atoms with Crippen LogP contribution in [0.4, 0.5) is 0 Å². The molecule has 1 aliphatic rings. The van der Waals surface area contributed by atoms with Crippen molar-refractivity contribution in [1.29, 1.82) is 0 Å². The third kappa shape index (κ3) is 2.09. The topological polar surface area (TPSA) is 18.5 Å². The molecule has 0 N–H and O–H groups in total. The summed E-state index contributed by atoms with van der Waals surface area (Å²) >= 11 is 0. The van der Waals surface area contributed by atoms with Crippen LogP contribution in [-0.2, 0) is 9.47 Å². The molecule has 2 nitrogen and oxygen atoms in total. The van der Waals surface area contributed by atoms with E-state index in [1.165, 1.54) is 0 Å². The van der Waals surface area contributed by atoms with Gasteiger partial charge in [0.15, 0.2) is 0 Å². The van der Waals surface area contributed by atoms with Gasteiger partial charge in [-0.2, -0.15) is 0 Å². The molecular formula is C9H14O2. The quantitative estimate of drug-likeness (QED) is 0.578. The summed E-state index contributed by atoms with van der Waals surface area (Å²) in [7, 11) is 0.